The van der Waals surface area contributed by atoms with Crippen LogP contribution in [0.4, 0.5) is 0 Å². The molecule has 1 amide bonds. The standard InChI is InChI=1S/C15H19NO/c1-16-14(17)10-12-8-5-9-13(15(12)16)11-6-3-2-4-7-11/h2-4,6-7,12-13,15H,5,8-10H2,1H3/t12-,13-,15+/m1/s1. The number of carbonyl (C=O) groups is 1. The lowest BCUT2D eigenvalue weighted by Crippen LogP contribution is -2.39. The topological polar surface area (TPSA) is 20.3 Å². The molecule has 0 aromatic heterocycles. The fraction of sp³-hybridized carbons (Fsp3) is 0.533. The SMILES string of the molecule is CN1C(=O)C[C@H]2CCC[C@H](c3ccccc3)[C@H]21. The highest BCUT2D eigenvalue weighted by atomic mass is 16.2. The number of hydrogen-bond acceptors (Lipinski definition) is 1. The maximum atomic E-state index is 11.8. The Bertz CT molecular complexity index is 414. The molecule has 2 fully saturated rings. The predicted octanol–water partition coefficient (Wildman–Crippen LogP) is 2.80. The van der Waals surface area contributed by atoms with Crippen LogP contribution in [0.2, 0.25) is 0 Å². The third-order valence-corrected chi connectivity index (χ3v) is 4.49. The van der Waals surface area contributed by atoms with Gasteiger partial charge in [-0.15, -0.1) is 0 Å². The van der Waals surface area contributed by atoms with Gasteiger partial charge in [-0.25, -0.2) is 0 Å². The Labute approximate surface area is 103 Å². The zero-order valence-corrected chi connectivity index (χ0v) is 10.3. The van der Waals surface area contributed by atoms with Crippen LogP contribution in [0.1, 0.15) is 37.2 Å². The minimum Gasteiger partial charge on any atom is -0.342 e. The molecule has 1 aromatic carbocycles. The van der Waals surface area contributed by atoms with E-state index in [4.69, 9.17) is 0 Å². The normalized spacial score (nSPS) is 32.6. The van der Waals surface area contributed by atoms with Crippen LogP contribution in [0.3, 0.4) is 0 Å². The number of fused-ring (bicyclic) bond motifs is 1. The van der Waals surface area contributed by atoms with Crippen molar-refractivity contribution in [3.8, 4) is 0 Å². The van der Waals surface area contributed by atoms with E-state index in [9.17, 15) is 4.79 Å². The summed E-state index contributed by atoms with van der Waals surface area (Å²) in [6.07, 6.45) is 4.49. The number of benzene rings is 1. The molecule has 90 valence electrons. The van der Waals surface area contributed by atoms with Crippen LogP contribution in [0, 0.1) is 5.92 Å². The first-order chi connectivity index (χ1) is 8.27. The first-order valence-electron chi connectivity index (χ1n) is 6.58. The van der Waals surface area contributed by atoms with E-state index in [1.807, 2.05) is 11.9 Å². The highest BCUT2D eigenvalue weighted by Crippen LogP contribution is 2.44. The first-order valence-corrected chi connectivity index (χ1v) is 6.58. The van der Waals surface area contributed by atoms with Crippen molar-refractivity contribution in [1.29, 1.82) is 0 Å². The van der Waals surface area contributed by atoms with Gasteiger partial charge in [0.05, 0.1) is 0 Å². The molecular weight excluding hydrogens is 210 g/mol. The summed E-state index contributed by atoms with van der Waals surface area (Å²) in [4.78, 5) is 13.8. The second-order valence-electron chi connectivity index (χ2n) is 5.41. The lowest BCUT2D eigenvalue weighted by atomic mass is 9.74. The Morgan fingerprint density at radius 1 is 1.18 bits per heavy atom. The summed E-state index contributed by atoms with van der Waals surface area (Å²) in [6.45, 7) is 0. The molecule has 17 heavy (non-hydrogen) atoms. The van der Waals surface area contributed by atoms with Crippen LogP contribution in [0.25, 0.3) is 0 Å². The fourth-order valence-electron chi connectivity index (χ4n) is 3.68. The van der Waals surface area contributed by atoms with Crippen molar-refractivity contribution in [3.63, 3.8) is 0 Å². The highest BCUT2D eigenvalue weighted by Gasteiger charge is 2.44. The quantitative estimate of drug-likeness (QED) is 0.725. The number of hydrogen-bond donors (Lipinski definition) is 0. The molecule has 2 nitrogen and oxygen atoms in total. The molecule has 0 bridgehead atoms. The van der Waals surface area contributed by atoms with Gasteiger partial charge in [0.1, 0.15) is 0 Å². The number of carbonyl (C=O) groups excluding carboxylic acids is 1. The van der Waals surface area contributed by atoms with Gasteiger partial charge in [0.2, 0.25) is 5.91 Å². The van der Waals surface area contributed by atoms with Gasteiger partial charge in [0.15, 0.2) is 0 Å². The first kappa shape index (κ1) is 10.8. The lowest BCUT2D eigenvalue weighted by molar-refractivity contribution is -0.127. The maximum absolute atomic E-state index is 11.8. The zero-order valence-electron chi connectivity index (χ0n) is 10.3. The second kappa shape index (κ2) is 4.17. The minimum atomic E-state index is 0.336. The molecule has 1 aliphatic heterocycles. The van der Waals surface area contributed by atoms with E-state index in [-0.39, 0.29) is 0 Å². The molecule has 0 radical (unpaired) electrons. The average Bonchev–Trinajstić information content (AvgIpc) is 2.66. The van der Waals surface area contributed by atoms with E-state index in [0.717, 1.165) is 6.42 Å². The smallest absolute Gasteiger partial charge is 0.222 e. The third kappa shape index (κ3) is 1.76. The van der Waals surface area contributed by atoms with Gasteiger partial charge in [-0.1, -0.05) is 36.8 Å². The maximum Gasteiger partial charge on any atom is 0.222 e. The van der Waals surface area contributed by atoms with E-state index in [0.29, 0.717) is 23.8 Å². The van der Waals surface area contributed by atoms with Crippen molar-refractivity contribution in [2.45, 2.75) is 37.6 Å². The Kier molecular flexibility index (Phi) is 2.65. The third-order valence-electron chi connectivity index (χ3n) is 4.49. The Hall–Kier alpha value is -1.31. The van der Waals surface area contributed by atoms with Crippen molar-refractivity contribution in [2.24, 2.45) is 5.92 Å². The minimum absolute atomic E-state index is 0.336. The van der Waals surface area contributed by atoms with Crippen molar-refractivity contribution in [3.05, 3.63) is 35.9 Å². The molecule has 1 heterocycles. The van der Waals surface area contributed by atoms with Gasteiger partial charge >= 0.3 is 0 Å². The summed E-state index contributed by atoms with van der Waals surface area (Å²) in [5, 5.41) is 0. The molecule has 1 aliphatic carbocycles. The molecule has 3 rings (SSSR count). The zero-order chi connectivity index (χ0) is 11.8. The molecule has 2 aliphatic rings. The summed E-state index contributed by atoms with van der Waals surface area (Å²) in [6, 6.07) is 11.1. The highest BCUT2D eigenvalue weighted by molar-refractivity contribution is 5.79. The van der Waals surface area contributed by atoms with E-state index in [1.54, 1.807) is 0 Å². The number of amides is 1. The van der Waals surface area contributed by atoms with Crippen LogP contribution in [-0.2, 0) is 4.79 Å². The Morgan fingerprint density at radius 3 is 2.71 bits per heavy atom. The molecule has 2 heteroatoms. The van der Waals surface area contributed by atoms with Gasteiger partial charge in [-0.3, -0.25) is 4.79 Å². The molecule has 1 aromatic rings. The van der Waals surface area contributed by atoms with Crippen molar-refractivity contribution in [1.82, 2.24) is 4.90 Å². The van der Waals surface area contributed by atoms with Crippen LogP contribution < -0.4 is 0 Å². The molecule has 0 unspecified atom stereocenters. The summed E-state index contributed by atoms with van der Waals surface area (Å²) in [5.74, 6) is 1.47. The van der Waals surface area contributed by atoms with Crippen molar-refractivity contribution >= 4 is 5.91 Å². The van der Waals surface area contributed by atoms with E-state index in [2.05, 4.69) is 30.3 Å². The van der Waals surface area contributed by atoms with Crippen molar-refractivity contribution < 1.29 is 4.79 Å². The molecular formula is C15H19NO. The second-order valence-corrected chi connectivity index (χ2v) is 5.41. The number of likely N-dealkylation sites (N-methyl/N-ethyl adjacent to an activating group) is 1. The van der Waals surface area contributed by atoms with Crippen LogP contribution >= 0.6 is 0 Å². The lowest BCUT2D eigenvalue weighted by Gasteiger charge is -2.37. The van der Waals surface area contributed by atoms with Gasteiger partial charge < -0.3 is 4.90 Å². The number of likely N-dealkylation sites (tertiary alicyclic amines) is 1. The summed E-state index contributed by atoms with van der Waals surface area (Å²) in [5.41, 5.74) is 1.41. The predicted molar refractivity (Wildman–Crippen MR) is 67.7 cm³/mol. The van der Waals surface area contributed by atoms with E-state index < -0.39 is 0 Å². The average molecular weight is 229 g/mol. The monoisotopic (exact) mass is 229 g/mol. The summed E-state index contributed by atoms with van der Waals surface area (Å²) in [7, 11) is 1.98. The molecule has 0 N–H and O–H groups in total. The summed E-state index contributed by atoms with van der Waals surface area (Å²) >= 11 is 0. The number of rotatable bonds is 1. The van der Waals surface area contributed by atoms with Gasteiger partial charge in [-0.2, -0.15) is 0 Å². The van der Waals surface area contributed by atoms with Crippen molar-refractivity contribution in [2.75, 3.05) is 7.05 Å². The van der Waals surface area contributed by atoms with Gasteiger partial charge in [-0.05, 0) is 24.3 Å². The van der Waals surface area contributed by atoms with E-state index in [1.165, 1.54) is 24.8 Å². The van der Waals surface area contributed by atoms with Gasteiger partial charge in [0.25, 0.3) is 0 Å². The fourth-order valence-corrected chi connectivity index (χ4v) is 3.68. The van der Waals surface area contributed by atoms with Crippen LogP contribution in [0.5, 0.6) is 0 Å². The molecule has 1 saturated heterocycles. The van der Waals surface area contributed by atoms with Crippen LogP contribution in [-0.4, -0.2) is 23.9 Å². The molecule has 3 atom stereocenters. The molecule has 1 saturated carbocycles. The Balaban J connectivity index is 1.92. The van der Waals surface area contributed by atoms with Gasteiger partial charge in [0, 0.05) is 25.4 Å². The Morgan fingerprint density at radius 2 is 1.94 bits per heavy atom. The summed E-state index contributed by atoms with van der Waals surface area (Å²) < 4.78 is 0. The van der Waals surface area contributed by atoms with Crippen LogP contribution in [0.15, 0.2) is 30.3 Å². The molecule has 0 spiro atoms. The van der Waals surface area contributed by atoms with E-state index >= 15 is 0 Å². The number of nitrogens with zero attached hydrogens (tertiary/aromatic N) is 1. The largest absolute Gasteiger partial charge is 0.342 e.